The lowest BCUT2D eigenvalue weighted by Gasteiger charge is -2.30. The van der Waals surface area contributed by atoms with Crippen molar-refractivity contribution < 1.29 is 4.74 Å². The highest BCUT2D eigenvalue weighted by atomic mass is 35.5. The Labute approximate surface area is 98.5 Å². The fourth-order valence-corrected chi connectivity index (χ4v) is 3.31. The van der Waals surface area contributed by atoms with Gasteiger partial charge in [0.25, 0.3) is 0 Å². The molecule has 0 saturated heterocycles. The molecule has 0 spiro atoms. The number of halogens is 1. The molecule has 0 heterocycles. The van der Waals surface area contributed by atoms with Crippen molar-refractivity contribution in [2.75, 3.05) is 12.5 Å². The largest absolute Gasteiger partial charge is 0.376 e. The average Bonchev–Trinajstić information content (AvgIpc) is 2.73. The Morgan fingerprint density at radius 1 is 1.27 bits per heavy atom. The van der Waals surface area contributed by atoms with Crippen LogP contribution >= 0.6 is 11.6 Å². The fourth-order valence-electron chi connectivity index (χ4n) is 2.96. The lowest BCUT2D eigenvalue weighted by atomic mass is 9.82. The zero-order chi connectivity index (χ0) is 11.1. The van der Waals surface area contributed by atoms with Crippen LogP contribution in [0.2, 0.25) is 0 Å². The standard InChI is InChI=1S/C13H23ClO/c1-12(2,3)15-5-4-13(9-14)7-10-6-11(10)8-13/h10-11H,4-9H2,1-3H3. The van der Waals surface area contributed by atoms with Crippen molar-refractivity contribution in [2.24, 2.45) is 17.3 Å². The molecule has 0 N–H and O–H groups in total. The number of rotatable bonds is 4. The summed E-state index contributed by atoms with van der Waals surface area (Å²) in [6, 6.07) is 0. The van der Waals surface area contributed by atoms with Crippen LogP contribution in [0.25, 0.3) is 0 Å². The van der Waals surface area contributed by atoms with Crippen LogP contribution in [-0.2, 0) is 4.74 Å². The van der Waals surface area contributed by atoms with Gasteiger partial charge < -0.3 is 4.74 Å². The summed E-state index contributed by atoms with van der Waals surface area (Å²) in [5, 5.41) is 0. The maximum Gasteiger partial charge on any atom is 0.0598 e. The minimum Gasteiger partial charge on any atom is -0.376 e. The molecule has 0 amide bonds. The van der Waals surface area contributed by atoms with E-state index in [1.807, 2.05) is 0 Å². The highest BCUT2D eigenvalue weighted by molar-refractivity contribution is 6.18. The summed E-state index contributed by atoms with van der Waals surface area (Å²) in [6.45, 7) is 7.22. The Kier molecular flexibility index (Phi) is 3.07. The molecule has 2 unspecified atom stereocenters. The predicted molar refractivity (Wildman–Crippen MR) is 64.3 cm³/mol. The van der Waals surface area contributed by atoms with Crippen molar-refractivity contribution in [1.29, 1.82) is 0 Å². The second kappa shape index (κ2) is 3.92. The van der Waals surface area contributed by atoms with Gasteiger partial charge in [-0.3, -0.25) is 0 Å². The van der Waals surface area contributed by atoms with Gasteiger partial charge in [-0.25, -0.2) is 0 Å². The number of hydrogen-bond acceptors (Lipinski definition) is 1. The van der Waals surface area contributed by atoms with E-state index in [2.05, 4.69) is 20.8 Å². The van der Waals surface area contributed by atoms with Gasteiger partial charge in [-0.1, -0.05) is 0 Å². The highest BCUT2D eigenvalue weighted by Crippen LogP contribution is 2.61. The third-order valence-electron chi connectivity index (χ3n) is 3.91. The van der Waals surface area contributed by atoms with Gasteiger partial charge in [0, 0.05) is 12.5 Å². The molecule has 2 aliphatic carbocycles. The van der Waals surface area contributed by atoms with Crippen molar-refractivity contribution in [3.05, 3.63) is 0 Å². The van der Waals surface area contributed by atoms with Crippen LogP contribution in [0.3, 0.4) is 0 Å². The smallest absolute Gasteiger partial charge is 0.0598 e. The summed E-state index contributed by atoms with van der Waals surface area (Å²) in [5.41, 5.74) is 0.412. The van der Waals surface area contributed by atoms with Crippen LogP contribution in [0.5, 0.6) is 0 Å². The van der Waals surface area contributed by atoms with E-state index >= 15 is 0 Å². The molecule has 2 saturated carbocycles. The summed E-state index contributed by atoms with van der Waals surface area (Å²) < 4.78 is 5.81. The van der Waals surface area contributed by atoms with Gasteiger partial charge in [-0.2, -0.15) is 0 Å². The summed E-state index contributed by atoms with van der Waals surface area (Å²) in [4.78, 5) is 0. The van der Waals surface area contributed by atoms with Gasteiger partial charge >= 0.3 is 0 Å². The lowest BCUT2D eigenvalue weighted by molar-refractivity contribution is -0.0173. The monoisotopic (exact) mass is 230 g/mol. The Morgan fingerprint density at radius 2 is 1.87 bits per heavy atom. The molecule has 15 heavy (non-hydrogen) atoms. The van der Waals surface area contributed by atoms with E-state index < -0.39 is 0 Å². The molecule has 0 bridgehead atoms. The fraction of sp³-hybridized carbons (Fsp3) is 1.00. The minimum atomic E-state index is -0.00493. The topological polar surface area (TPSA) is 9.23 Å². The highest BCUT2D eigenvalue weighted by Gasteiger charge is 2.52. The molecule has 2 heteroatoms. The number of alkyl halides is 1. The molecule has 2 atom stereocenters. The van der Waals surface area contributed by atoms with Crippen molar-refractivity contribution in [3.8, 4) is 0 Å². The molecule has 0 aromatic heterocycles. The summed E-state index contributed by atoms with van der Waals surface area (Å²) >= 11 is 6.14. The van der Waals surface area contributed by atoms with Crippen LogP contribution < -0.4 is 0 Å². The van der Waals surface area contributed by atoms with E-state index in [0.717, 1.165) is 30.7 Å². The summed E-state index contributed by atoms with van der Waals surface area (Å²) in [6.07, 6.45) is 5.34. The van der Waals surface area contributed by atoms with Crippen molar-refractivity contribution in [1.82, 2.24) is 0 Å². The van der Waals surface area contributed by atoms with Crippen LogP contribution in [0.15, 0.2) is 0 Å². The first-order valence-corrected chi connectivity index (χ1v) is 6.68. The normalized spacial score (nSPS) is 39.2. The zero-order valence-corrected chi connectivity index (χ0v) is 10.9. The molecular formula is C13H23ClO. The second-order valence-corrected chi connectivity index (χ2v) is 6.78. The minimum absolute atomic E-state index is 0.00493. The van der Waals surface area contributed by atoms with Crippen molar-refractivity contribution in [3.63, 3.8) is 0 Å². The summed E-state index contributed by atoms with van der Waals surface area (Å²) in [5.74, 6) is 2.85. The van der Waals surface area contributed by atoms with Crippen LogP contribution in [0, 0.1) is 17.3 Å². The first-order chi connectivity index (χ1) is 6.94. The Bertz CT molecular complexity index is 221. The quantitative estimate of drug-likeness (QED) is 0.667. The lowest BCUT2D eigenvalue weighted by Crippen LogP contribution is -2.27. The Hall–Kier alpha value is 0.250. The molecule has 2 aliphatic rings. The molecule has 0 aromatic carbocycles. The molecule has 2 rings (SSSR count). The second-order valence-electron chi connectivity index (χ2n) is 6.51. The van der Waals surface area contributed by atoms with Crippen molar-refractivity contribution in [2.45, 2.75) is 52.1 Å². The van der Waals surface area contributed by atoms with Gasteiger partial charge in [-0.15, -0.1) is 11.6 Å². The maximum atomic E-state index is 6.14. The molecule has 0 aliphatic heterocycles. The predicted octanol–water partition coefficient (Wildman–Crippen LogP) is 3.85. The van der Waals surface area contributed by atoms with Crippen LogP contribution in [0.1, 0.15) is 46.5 Å². The number of fused-ring (bicyclic) bond motifs is 1. The Balaban J connectivity index is 1.77. The van der Waals surface area contributed by atoms with Crippen LogP contribution in [-0.4, -0.2) is 18.1 Å². The van der Waals surface area contributed by atoms with E-state index in [-0.39, 0.29) is 5.60 Å². The number of hydrogen-bond donors (Lipinski definition) is 0. The van der Waals surface area contributed by atoms with E-state index in [1.165, 1.54) is 19.3 Å². The van der Waals surface area contributed by atoms with E-state index in [1.54, 1.807) is 0 Å². The van der Waals surface area contributed by atoms with Gasteiger partial charge in [0.05, 0.1) is 5.60 Å². The van der Waals surface area contributed by atoms with E-state index in [0.29, 0.717) is 5.41 Å². The molecule has 0 radical (unpaired) electrons. The maximum absolute atomic E-state index is 6.14. The van der Waals surface area contributed by atoms with Gasteiger partial charge in [0.15, 0.2) is 0 Å². The third-order valence-corrected chi connectivity index (χ3v) is 4.48. The molecule has 1 nitrogen and oxygen atoms in total. The van der Waals surface area contributed by atoms with Gasteiger partial charge in [0.2, 0.25) is 0 Å². The molecule has 0 aromatic rings. The molecule has 88 valence electrons. The SMILES string of the molecule is CC(C)(C)OCCC1(CCl)CC2CC2C1. The van der Waals surface area contributed by atoms with Gasteiger partial charge in [0.1, 0.15) is 0 Å². The summed E-state index contributed by atoms with van der Waals surface area (Å²) in [7, 11) is 0. The first kappa shape index (κ1) is 11.7. The molecule has 2 fully saturated rings. The number of ether oxygens (including phenoxy) is 1. The van der Waals surface area contributed by atoms with E-state index in [9.17, 15) is 0 Å². The van der Waals surface area contributed by atoms with Gasteiger partial charge in [-0.05, 0) is 63.7 Å². The molecular weight excluding hydrogens is 208 g/mol. The van der Waals surface area contributed by atoms with Crippen molar-refractivity contribution >= 4 is 11.6 Å². The van der Waals surface area contributed by atoms with Crippen LogP contribution in [0.4, 0.5) is 0 Å². The first-order valence-electron chi connectivity index (χ1n) is 6.14. The Morgan fingerprint density at radius 3 is 2.33 bits per heavy atom. The van der Waals surface area contributed by atoms with E-state index in [4.69, 9.17) is 16.3 Å². The average molecular weight is 231 g/mol. The zero-order valence-electron chi connectivity index (χ0n) is 10.2. The third kappa shape index (κ3) is 2.88.